The molecule has 0 saturated carbocycles. The van der Waals surface area contributed by atoms with Crippen molar-refractivity contribution in [3.05, 3.63) is 46.4 Å². The van der Waals surface area contributed by atoms with Gasteiger partial charge in [-0.3, -0.25) is 9.78 Å². The summed E-state index contributed by atoms with van der Waals surface area (Å²) >= 11 is 0. The number of rotatable bonds is 3. The van der Waals surface area contributed by atoms with E-state index in [4.69, 9.17) is 9.72 Å². The summed E-state index contributed by atoms with van der Waals surface area (Å²) in [5.74, 6) is 1.74. The molecule has 1 saturated heterocycles. The number of hydrogen-bond donors (Lipinski definition) is 2. The Morgan fingerprint density at radius 1 is 1.25 bits per heavy atom. The lowest BCUT2D eigenvalue weighted by Gasteiger charge is -2.34. The number of aliphatic hydroxyl groups is 1. The van der Waals surface area contributed by atoms with E-state index in [2.05, 4.69) is 15.2 Å². The first-order chi connectivity index (χ1) is 13.6. The maximum absolute atomic E-state index is 11.8. The molecule has 146 valence electrons. The van der Waals surface area contributed by atoms with Gasteiger partial charge in [-0.2, -0.15) is 0 Å². The fourth-order valence-electron chi connectivity index (χ4n) is 4.42. The van der Waals surface area contributed by atoms with Crippen LogP contribution in [0.5, 0.6) is 5.75 Å². The molecule has 0 radical (unpaired) electrons. The molecule has 7 heteroatoms. The highest BCUT2D eigenvalue weighted by Crippen LogP contribution is 2.32. The third kappa shape index (κ3) is 2.99. The van der Waals surface area contributed by atoms with Gasteiger partial charge in [-0.05, 0) is 43.0 Å². The van der Waals surface area contributed by atoms with Crippen LogP contribution < -0.4 is 15.0 Å². The monoisotopic (exact) mass is 380 g/mol. The van der Waals surface area contributed by atoms with Crippen LogP contribution in [0.4, 0.5) is 5.82 Å². The quantitative estimate of drug-likeness (QED) is 0.848. The number of aliphatic hydroxyl groups excluding tert-OH is 1. The molecule has 1 unspecified atom stereocenters. The number of piperidine rings is 1. The predicted octanol–water partition coefficient (Wildman–Crippen LogP) is 2.06. The summed E-state index contributed by atoms with van der Waals surface area (Å²) in [5, 5.41) is 12.7. The first-order valence-corrected chi connectivity index (χ1v) is 9.95. The molecular formula is C21H24N4O3. The average molecular weight is 380 g/mol. The summed E-state index contributed by atoms with van der Waals surface area (Å²) in [4.78, 5) is 23.2. The molecule has 2 aromatic heterocycles. The molecule has 5 rings (SSSR count). The highest BCUT2D eigenvalue weighted by molar-refractivity contribution is 5.98. The van der Waals surface area contributed by atoms with Gasteiger partial charge in [0, 0.05) is 25.9 Å². The second-order valence-corrected chi connectivity index (χ2v) is 7.88. The predicted molar refractivity (Wildman–Crippen MR) is 104 cm³/mol. The molecule has 4 heterocycles. The molecule has 0 spiro atoms. The van der Waals surface area contributed by atoms with Gasteiger partial charge in [0.15, 0.2) is 0 Å². The third-order valence-electron chi connectivity index (χ3n) is 5.95. The smallest absolute Gasteiger partial charge is 0.253 e. The standard InChI is InChI=1S/C21H24N4O3/c1-12-8-16-17(11-23-21(16)27)24-20(12)25-6-4-14(5-7-25)28-15-9-13-2-3-18(26)19(13)22-10-15/h8-10,14,18,26H,2-7,11H2,1H3,(H,23,27). The number of carbonyl (C=O) groups is 1. The van der Waals surface area contributed by atoms with E-state index in [1.165, 1.54) is 0 Å². The topological polar surface area (TPSA) is 87.6 Å². The minimum absolute atomic E-state index is 0.0280. The number of anilines is 1. The van der Waals surface area contributed by atoms with Crippen molar-refractivity contribution >= 4 is 11.7 Å². The maximum Gasteiger partial charge on any atom is 0.253 e. The van der Waals surface area contributed by atoms with Crippen molar-refractivity contribution in [1.82, 2.24) is 15.3 Å². The van der Waals surface area contributed by atoms with Gasteiger partial charge in [-0.1, -0.05) is 0 Å². The molecular weight excluding hydrogens is 356 g/mol. The van der Waals surface area contributed by atoms with Crippen molar-refractivity contribution in [2.24, 2.45) is 0 Å². The summed E-state index contributed by atoms with van der Waals surface area (Å²) < 4.78 is 6.17. The average Bonchev–Trinajstić information content (AvgIpc) is 3.25. The van der Waals surface area contributed by atoms with Gasteiger partial charge in [0.1, 0.15) is 17.7 Å². The van der Waals surface area contributed by atoms with Crippen LogP contribution in [0.1, 0.15) is 58.2 Å². The van der Waals surface area contributed by atoms with Crippen molar-refractivity contribution in [1.29, 1.82) is 0 Å². The van der Waals surface area contributed by atoms with E-state index in [9.17, 15) is 9.90 Å². The molecule has 0 bridgehead atoms. The summed E-state index contributed by atoms with van der Waals surface area (Å²) in [7, 11) is 0. The van der Waals surface area contributed by atoms with Crippen LogP contribution in [0.2, 0.25) is 0 Å². The van der Waals surface area contributed by atoms with Crippen LogP contribution in [0, 0.1) is 6.92 Å². The Morgan fingerprint density at radius 3 is 2.89 bits per heavy atom. The van der Waals surface area contributed by atoms with Gasteiger partial charge >= 0.3 is 0 Å². The molecule has 3 aliphatic rings. The summed E-state index contributed by atoms with van der Waals surface area (Å²) in [5.41, 5.74) is 4.48. The van der Waals surface area contributed by atoms with Crippen LogP contribution >= 0.6 is 0 Å². The third-order valence-corrected chi connectivity index (χ3v) is 5.95. The number of fused-ring (bicyclic) bond motifs is 2. The van der Waals surface area contributed by atoms with Gasteiger partial charge < -0.3 is 20.1 Å². The van der Waals surface area contributed by atoms with E-state index in [-0.39, 0.29) is 12.0 Å². The summed E-state index contributed by atoms with van der Waals surface area (Å²) in [6.07, 6.45) is 4.89. The zero-order valence-corrected chi connectivity index (χ0v) is 15.9. The number of nitrogens with zero attached hydrogens (tertiary/aromatic N) is 3. The van der Waals surface area contributed by atoms with E-state index < -0.39 is 6.10 Å². The normalized spacial score (nSPS) is 21.4. The summed E-state index contributed by atoms with van der Waals surface area (Å²) in [6, 6.07) is 3.98. The first-order valence-electron chi connectivity index (χ1n) is 9.95. The number of nitrogens with one attached hydrogen (secondary N) is 1. The van der Waals surface area contributed by atoms with E-state index >= 15 is 0 Å². The van der Waals surface area contributed by atoms with E-state index in [1.54, 1.807) is 6.20 Å². The van der Waals surface area contributed by atoms with Gasteiger partial charge in [0.25, 0.3) is 5.91 Å². The minimum atomic E-state index is -0.430. The van der Waals surface area contributed by atoms with Crippen molar-refractivity contribution in [2.75, 3.05) is 18.0 Å². The van der Waals surface area contributed by atoms with Crippen molar-refractivity contribution in [3.63, 3.8) is 0 Å². The first kappa shape index (κ1) is 17.4. The fraction of sp³-hybridized carbons (Fsp3) is 0.476. The Morgan fingerprint density at radius 2 is 2.07 bits per heavy atom. The summed E-state index contributed by atoms with van der Waals surface area (Å²) in [6.45, 7) is 4.27. The van der Waals surface area contributed by atoms with Crippen LogP contribution in [0.15, 0.2) is 18.3 Å². The number of amides is 1. The van der Waals surface area contributed by atoms with Crippen LogP contribution in [0.3, 0.4) is 0 Å². The lowest BCUT2D eigenvalue weighted by atomic mass is 10.1. The Hall–Kier alpha value is -2.67. The lowest BCUT2D eigenvalue weighted by Crippen LogP contribution is -2.39. The second kappa shape index (κ2) is 6.74. The van der Waals surface area contributed by atoms with E-state index in [0.29, 0.717) is 12.1 Å². The number of carbonyl (C=O) groups excluding carboxylic acids is 1. The number of pyridine rings is 2. The molecule has 1 aliphatic carbocycles. The Bertz CT molecular complexity index is 937. The molecule has 1 atom stereocenters. The number of hydrogen-bond acceptors (Lipinski definition) is 6. The molecule has 1 fully saturated rings. The van der Waals surface area contributed by atoms with Gasteiger partial charge in [-0.15, -0.1) is 0 Å². The Kier molecular flexibility index (Phi) is 4.19. The van der Waals surface area contributed by atoms with Crippen molar-refractivity contribution < 1.29 is 14.6 Å². The zero-order chi connectivity index (χ0) is 19.3. The zero-order valence-electron chi connectivity index (χ0n) is 15.9. The lowest BCUT2D eigenvalue weighted by molar-refractivity contribution is 0.0965. The van der Waals surface area contributed by atoms with Crippen molar-refractivity contribution in [2.45, 2.75) is 51.4 Å². The molecule has 7 nitrogen and oxygen atoms in total. The van der Waals surface area contributed by atoms with Crippen molar-refractivity contribution in [3.8, 4) is 5.75 Å². The maximum atomic E-state index is 11.8. The highest BCUT2D eigenvalue weighted by atomic mass is 16.5. The van der Waals surface area contributed by atoms with Gasteiger partial charge in [-0.25, -0.2) is 4.98 Å². The molecule has 28 heavy (non-hydrogen) atoms. The van der Waals surface area contributed by atoms with Gasteiger partial charge in [0.2, 0.25) is 0 Å². The Balaban J connectivity index is 1.24. The molecule has 2 aliphatic heterocycles. The number of aromatic nitrogens is 2. The minimum Gasteiger partial charge on any atom is -0.489 e. The second-order valence-electron chi connectivity index (χ2n) is 7.88. The van der Waals surface area contributed by atoms with E-state index in [1.807, 2.05) is 19.1 Å². The van der Waals surface area contributed by atoms with E-state index in [0.717, 1.165) is 72.9 Å². The highest BCUT2D eigenvalue weighted by Gasteiger charge is 2.27. The molecule has 1 amide bonds. The number of ether oxygens (including phenoxy) is 1. The van der Waals surface area contributed by atoms with Crippen LogP contribution in [-0.2, 0) is 13.0 Å². The molecule has 2 N–H and O–H groups in total. The molecule has 0 aromatic carbocycles. The number of aryl methyl sites for hydroxylation is 2. The fourth-order valence-corrected chi connectivity index (χ4v) is 4.42. The van der Waals surface area contributed by atoms with Gasteiger partial charge in [0.05, 0.1) is 35.8 Å². The largest absolute Gasteiger partial charge is 0.489 e. The SMILES string of the molecule is Cc1cc2c(nc1N1CCC(Oc3cnc4c(c3)CCC4O)CC1)CNC2=O. The van der Waals surface area contributed by atoms with Crippen LogP contribution in [0.25, 0.3) is 0 Å². The van der Waals surface area contributed by atoms with Crippen LogP contribution in [-0.4, -0.2) is 40.2 Å². The molecule has 2 aromatic rings. The Labute approximate surface area is 163 Å².